The zero-order chi connectivity index (χ0) is 14.8. The topological polar surface area (TPSA) is 29.5 Å². The first-order valence-electron chi connectivity index (χ1n) is 7.25. The van der Waals surface area contributed by atoms with E-state index in [2.05, 4.69) is 11.8 Å². The van der Waals surface area contributed by atoms with E-state index < -0.39 is 0 Å². The van der Waals surface area contributed by atoms with Crippen LogP contribution in [0.3, 0.4) is 0 Å². The fraction of sp³-hybridized carbons (Fsp3) is 0.263. The highest BCUT2D eigenvalue weighted by molar-refractivity contribution is 5.45. The Labute approximate surface area is 126 Å². The van der Waals surface area contributed by atoms with Gasteiger partial charge >= 0.3 is 0 Å². The van der Waals surface area contributed by atoms with Gasteiger partial charge < -0.3 is 9.84 Å². The van der Waals surface area contributed by atoms with Gasteiger partial charge in [-0.1, -0.05) is 54.3 Å². The van der Waals surface area contributed by atoms with Gasteiger partial charge in [0.25, 0.3) is 0 Å². The van der Waals surface area contributed by atoms with E-state index in [1.54, 1.807) is 0 Å². The van der Waals surface area contributed by atoms with Gasteiger partial charge in [0.2, 0.25) is 0 Å². The SMILES string of the molecule is OCCCCC#Cc1ccccc1OCc1ccccc1. The fourth-order valence-electron chi connectivity index (χ4n) is 1.91. The van der Waals surface area contributed by atoms with Crippen LogP contribution in [0.25, 0.3) is 0 Å². The summed E-state index contributed by atoms with van der Waals surface area (Å²) in [7, 11) is 0. The van der Waals surface area contributed by atoms with Crippen molar-refractivity contribution in [2.24, 2.45) is 0 Å². The summed E-state index contributed by atoms with van der Waals surface area (Å²) in [5.41, 5.74) is 2.06. The highest BCUT2D eigenvalue weighted by Crippen LogP contribution is 2.18. The average Bonchev–Trinajstić information content (AvgIpc) is 2.55. The lowest BCUT2D eigenvalue weighted by atomic mass is 10.2. The molecule has 108 valence electrons. The summed E-state index contributed by atoms with van der Waals surface area (Å²) >= 11 is 0. The Morgan fingerprint density at radius 3 is 2.48 bits per heavy atom. The smallest absolute Gasteiger partial charge is 0.135 e. The molecule has 1 N–H and O–H groups in total. The van der Waals surface area contributed by atoms with Crippen LogP contribution in [0.15, 0.2) is 54.6 Å². The van der Waals surface area contributed by atoms with Crippen LogP contribution in [0, 0.1) is 11.8 Å². The molecule has 0 saturated carbocycles. The third-order valence-corrected chi connectivity index (χ3v) is 3.06. The van der Waals surface area contributed by atoms with Crippen molar-refractivity contribution < 1.29 is 9.84 Å². The molecule has 0 saturated heterocycles. The van der Waals surface area contributed by atoms with Crippen molar-refractivity contribution in [3.63, 3.8) is 0 Å². The Bertz CT molecular complexity index is 594. The number of para-hydroxylation sites is 1. The van der Waals surface area contributed by atoms with E-state index in [1.807, 2.05) is 54.6 Å². The van der Waals surface area contributed by atoms with Crippen LogP contribution in [0.2, 0.25) is 0 Å². The van der Waals surface area contributed by atoms with Crippen LogP contribution in [-0.2, 0) is 6.61 Å². The predicted molar refractivity (Wildman–Crippen MR) is 85.0 cm³/mol. The molecule has 0 amide bonds. The zero-order valence-electron chi connectivity index (χ0n) is 12.1. The molecule has 0 bridgehead atoms. The van der Waals surface area contributed by atoms with Gasteiger partial charge in [0, 0.05) is 13.0 Å². The first-order valence-corrected chi connectivity index (χ1v) is 7.25. The van der Waals surface area contributed by atoms with Crippen molar-refractivity contribution in [1.82, 2.24) is 0 Å². The van der Waals surface area contributed by atoms with Gasteiger partial charge in [-0.2, -0.15) is 0 Å². The Morgan fingerprint density at radius 1 is 0.905 bits per heavy atom. The van der Waals surface area contributed by atoms with E-state index in [0.29, 0.717) is 6.61 Å². The number of hydrogen-bond donors (Lipinski definition) is 1. The minimum atomic E-state index is 0.235. The molecule has 2 rings (SSSR count). The second-order valence-electron chi connectivity index (χ2n) is 4.75. The molecule has 2 aromatic rings. The molecule has 0 radical (unpaired) electrons. The molecular formula is C19H20O2. The first-order chi connectivity index (χ1) is 10.4. The van der Waals surface area contributed by atoms with Gasteiger partial charge in [-0.3, -0.25) is 0 Å². The van der Waals surface area contributed by atoms with Gasteiger partial charge in [0.15, 0.2) is 0 Å². The van der Waals surface area contributed by atoms with Gasteiger partial charge in [-0.25, -0.2) is 0 Å². The lowest BCUT2D eigenvalue weighted by Crippen LogP contribution is -1.96. The Balaban J connectivity index is 1.96. The molecule has 2 nitrogen and oxygen atoms in total. The summed E-state index contributed by atoms with van der Waals surface area (Å²) < 4.78 is 5.86. The molecule has 0 aliphatic rings. The summed E-state index contributed by atoms with van der Waals surface area (Å²) in [6.45, 7) is 0.780. The predicted octanol–water partition coefficient (Wildman–Crippen LogP) is 3.78. The molecule has 0 unspecified atom stereocenters. The highest BCUT2D eigenvalue weighted by Gasteiger charge is 2.00. The zero-order valence-corrected chi connectivity index (χ0v) is 12.1. The monoisotopic (exact) mass is 280 g/mol. The van der Waals surface area contributed by atoms with E-state index in [-0.39, 0.29) is 6.61 Å². The van der Waals surface area contributed by atoms with E-state index in [1.165, 1.54) is 0 Å². The highest BCUT2D eigenvalue weighted by atomic mass is 16.5. The summed E-state index contributed by atoms with van der Waals surface area (Å²) in [5, 5.41) is 8.74. The number of hydrogen-bond acceptors (Lipinski definition) is 2. The average molecular weight is 280 g/mol. The minimum absolute atomic E-state index is 0.235. The van der Waals surface area contributed by atoms with Crippen molar-refractivity contribution in [3.05, 3.63) is 65.7 Å². The number of unbranched alkanes of at least 4 members (excludes halogenated alkanes) is 2. The van der Waals surface area contributed by atoms with Crippen LogP contribution >= 0.6 is 0 Å². The van der Waals surface area contributed by atoms with Crippen molar-refractivity contribution in [2.75, 3.05) is 6.61 Å². The van der Waals surface area contributed by atoms with Crippen molar-refractivity contribution >= 4 is 0 Å². The Morgan fingerprint density at radius 2 is 1.67 bits per heavy atom. The Hall–Kier alpha value is -2.24. The molecular weight excluding hydrogens is 260 g/mol. The second-order valence-corrected chi connectivity index (χ2v) is 4.75. The molecule has 0 aromatic heterocycles. The number of aliphatic hydroxyl groups excluding tert-OH is 1. The molecule has 0 aliphatic heterocycles. The summed E-state index contributed by atoms with van der Waals surface area (Å²) in [5.74, 6) is 7.10. The van der Waals surface area contributed by atoms with E-state index >= 15 is 0 Å². The van der Waals surface area contributed by atoms with Crippen molar-refractivity contribution in [3.8, 4) is 17.6 Å². The van der Waals surface area contributed by atoms with Crippen molar-refractivity contribution in [1.29, 1.82) is 0 Å². The maximum absolute atomic E-state index is 8.74. The van der Waals surface area contributed by atoms with Gasteiger partial charge in [0.1, 0.15) is 12.4 Å². The largest absolute Gasteiger partial charge is 0.488 e. The van der Waals surface area contributed by atoms with Gasteiger partial charge in [0.05, 0.1) is 5.56 Å². The number of aliphatic hydroxyl groups is 1. The first kappa shape index (κ1) is 15.2. The maximum Gasteiger partial charge on any atom is 0.135 e. The van der Waals surface area contributed by atoms with E-state index in [9.17, 15) is 0 Å². The van der Waals surface area contributed by atoms with Gasteiger partial charge in [-0.15, -0.1) is 0 Å². The molecule has 2 heteroatoms. The summed E-state index contributed by atoms with van der Waals surface area (Å²) in [4.78, 5) is 0. The lowest BCUT2D eigenvalue weighted by Gasteiger charge is -2.08. The standard InChI is InChI=1S/C19H20O2/c20-15-9-2-1-6-12-18-13-7-8-14-19(18)21-16-17-10-4-3-5-11-17/h3-5,7-8,10-11,13-14,20H,1-2,9,15-16H2. The van der Waals surface area contributed by atoms with Crippen LogP contribution in [0.5, 0.6) is 5.75 Å². The van der Waals surface area contributed by atoms with Crippen LogP contribution in [-0.4, -0.2) is 11.7 Å². The number of ether oxygens (including phenoxy) is 1. The summed E-state index contributed by atoms with van der Waals surface area (Å²) in [6, 6.07) is 17.9. The van der Waals surface area contributed by atoms with Crippen LogP contribution in [0.1, 0.15) is 30.4 Å². The molecule has 21 heavy (non-hydrogen) atoms. The molecule has 0 atom stereocenters. The maximum atomic E-state index is 8.74. The second kappa shape index (κ2) is 8.84. The number of rotatable bonds is 6. The van der Waals surface area contributed by atoms with Gasteiger partial charge in [-0.05, 0) is 30.5 Å². The third-order valence-electron chi connectivity index (χ3n) is 3.06. The Kier molecular flexibility index (Phi) is 6.38. The van der Waals surface area contributed by atoms with Crippen LogP contribution < -0.4 is 4.74 Å². The molecule has 0 spiro atoms. The molecule has 0 heterocycles. The van der Waals surface area contributed by atoms with E-state index in [4.69, 9.17) is 9.84 Å². The number of benzene rings is 2. The third kappa shape index (κ3) is 5.33. The van der Waals surface area contributed by atoms with Crippen LogP contribution in [0.4, 0.5) is 0 Å². The minimum Gasteiger partial charge on any atom is -0.488 e. The van der Waals surface area contributed by atoms with E-state index in [0.717, 1.165) is 36.1 Å². The van der Waals surface area contributed by atoms with Crippen molar-refractivity contribution in [2.45, 2.75) is 25.9 Å². The summed E-state index contributed by atoms with van der Waals surface area (Å²) in [6.07, 6.45) is 2.53. The fourth-order valence-corrected chi connectivity index (χ4v) is 1.91. The quantitative estimate of drug-likeness (QED) is 0.644. The molecule has 0 aliphatic carbocycles. The lowest BCUT2D eigenvalue weighted by molar-refractivity contribution is 0.285. The molecule has 2 aromatic carbocycles. The molecule has 0 fully saturated rings. The normalized spacial score (nSPS) is 9.76.